The van der Waals surface area contributed by atoms with Gasteiger partial charge in [-0.1, -0.05) is 54.2 Å². The number of carbonyl (C=O) groups excluding carboxylic acids is 1. The van der Waals surface area contributed by atoms with Crippen LogP contribution in [0.3, 0.4) is 0 Å². The Balaban J connectivity index is 1.57. The second-order valence-electron chi connectivity index (χ2n) is 7.53. The molecule has 4 rings (SSSR count). The normalized spacial score (nSPS) is 11.2. The number of carbonyl (C=O) groups is 1. The molecule has 0 unspecified atom stereocenters. The second kappa shape index (κ2) is 8.94. The average Bonchev–Trinajstić information content (AvgIpc) is 3.06. The van der Waals surface area contributed by atoms with Crippen molar-refractivity contribution in [2.75, 3.05) is 5.75 Å². The van der Waals surface area contributed by atoms with Crippen LogP contribution in [0.2, 0.25) is 0 Å². The van der Waals surface area contributed by atoms with E-state index in [-0.39, 0.29) is 17.1 Å². The van der Waals surface area contributed by atoms with Gasteiger partial charge >= 0.3 is 0 Å². The van der Waals surface area contributed by atoms with Gasteiger partial charge in [0.1, 0.15) is 0 Å². The first-order valence-corrected chi connectivity index (χ1v) is 11.3. The maximum absolute atomic E-state index is 13.1. The van der Waals surface area contributed by atoms with E-state index in [9.17, 15) is 9.59 Å². The van der Waals surface area contributed by atoms with Crippen LogP contribution >= 0.6 is 11.8 Å². The molecular formula is C25H25N3O2S. The van der Waals surface area contributed by atoms with Gasteiger partial charge in [0, 0.05) is 30.0 Å². The molecule has 0 bridgehead atoms. The molecule has 0 aliphatic rings. The number of para-hydroxylation sites is 1. The molecule has 31 heavy (non-hydrogen) atoms. The Kier molecular flexibility index (Phi) is 6.09. The number of hydrogen-bond acceptors (Lipinski definition) is 4. The fourth-order valence-corrected chi connectivity index (χ4v) is 4.78. The van der Waals surface area contributed by atoms with Crippen LogP contribution in [0.15, 0.2) is 70.6 Å². The first-order valence-electron chi connectivity index (χ1n) is 10.4. The minimum Gasteiger partial charge on any atom is -0.344 e. The van der Waals surface area contributed by atoms with Gasteiger partial charge in [0.05, 0.1) is 16.7 Å². The smallest absolute Gasteiger partial charge is 0.262 e. The summed E-state index contributed by atoms with van der Waals surface area (Å²) in [6.07, 6.45) is 0. The number of nitrogens with zero attached hydrogens (tertiary/aromatic N) is 3. The molecule has 4 aromatic rings. The van der Waals surface area contributed by atoms with Crippen molar-refractivity contribution in [2.45, 2.75) is 39.0 Å². The van der Waals surface area contributed by atoms with E-state index in [1.165, 1.54) is 17.3 Å². The average molecular weight is 432 g/mol. The number of fused-ring (bicyclic) bond motifs is 1. The minimum absolute atomic E-state index is 0.0440. The molecule has 6 heteroatoms. The van der Waals surface area contributed by atoms with Crippen molar-refractivity contribution in [3.63, 3.8) is 0 Å². The van der Waals surface area contributed by atoms with E-state index in [1.54, 1.807) is 10.6 Å². The number of aromatic nitrogens is 3. The summed E-state index contributed by atoms with van der Waals surface area (Å²) in [6.45, 7) is 7.18. The molecule has 0 saturated carbocycles. The number of ketones is 1. The summed E-state index contributed by atoms with van der Waals surface area (Å²) >= 11 is 1.32. The van der Waals surface area contributed by atoms with Gasteiger partial charge in [-0.05, 0) is 44.5 Å². The Labute approximate surface area is 185 Å². The van der Waals surface area contributed by atoms with Crippen LogP contribution in [0.4, 0.5) is 0 Å². The van der Waals surface area contributed by atoms with Gasteiger partial charge in [0.2, 0.25) is 0 Å². The zero-order chi connectivity index (χ0) is 22.0. The number of benzene rings is 2. The quantitative estimate of drug-likeness (QED) is 0.238. The number of Topliss-reactive ketones (excluding diaryl/α,β-unsaturated/α-hetero) is 1. The van der Waals surface area contributed by atoms with Gasteiger partial charge in [0.25, 0.3) is 5.56 Å². The molecule has 2 aromatic carbocycles. The number of aryl methyl sites for hydroxylation is 1. The molecule has 0 aliphatic heterocycles. The molecule has 0 aliphatic carbocycles. The minimum atomic E-state index is -0.0657. The predicted molar refractivity (Wildman–Crippen MR) is 126 cm³/mol. The van der Waals surface area contributed by atoms with Crippen LogP contribution in [0.5, 0.6) is 0 Å². The molecule has 0 amide bonds. The standard InChI is InChI=1S/C25H25N3O2S/c1-4-27-24(30)20-12-8-9-13-22(20)26-25(27)31-16-23(29)21-14-17(2)28(18(21)3)15-19-10-6-5-7-11-19/h5-14H,4,15-16H2,1-3H3. The number of rotatable bonds is 7. The highest BCUT2D eigenvalue weighted by atomic mass is 32.2. The molecular weight excluding hydrogens is 406 g/mol. The predicted octanol–water partition coefficient (Wildman–Crippen LogP) is 4.86. The van der Waals surface area contributed by atoms with Gasteiger partial charge in [0.15, 0.2) is 10.9 Å². The molecule has 0 radical (unpaired) electrons. The van der Waals surface area contributed by atoms with Crippen LogP contribution in [-0.4, -0.2) is 25.7 Å². The van der Waals surface area contributed by atoms with E-state index in [4.69, 9.17) is 0 Å². The van der Waals surface area contributed by atoms with Crippen LogP contribution in [-0.2, 0) is 13.1 Å². The molecule has 2 aromatic heterocycles. The van der Waals surface area contributed by atoms with E-state index in [0.29, 0.717) is 22.6 Å². The van der Waals surface area contributed by atoms with Crippen molar-refractivity contribution in [1.82, 2.24) is 14.1 Å². The summed E-state index contributed by atoms with van der Waals surface area (Å²) in [4.78, 5) is 30.5. The van der Waals surface area contributed by atoms with E-state index < -0.39 is 0 Å². The van der Waals surface area contributed by atoms with E-state index in [1.807, 2.05) is 63.2 Å². The monoisotopic (exact) mass is 431 g/mol. The van der Waals surface area contributed by atoms with Gasteiger partial charge in [-0.3, -0.25) is 14.2 Å². The topological polar surface area (TPSA) is 56.9 Å². The molecule has 0 N–H and O–H groups in total. The van der Waals surface area contributed by atoms with Gasteiger partial charge in [-0.25, -0.2) is 4.98 Å². The van der Waals surface area contributed by atoms with Crippen molar-refractivity contribution in [3.8, 4) is 0 Å². The Bertz CT molecular complexity index is 1310. The summed E-state index contributed by atoms with van der Waals surface area (Å²) in [6, 6.07) is 19.5. The van der Waals surface area contributed by atoms with Crippen molar-refractivity contribution in [1.29, 1.82) is 0 Å². The Morgan fingerprint density at radius 2 is 1.71 bits per heavy atom. The summed E-state index contributed by atoms with van der Waals surface area (Å²) in [5.41, 5.74) is 4.55. The lowest BCUT2D eigenvalue weighted by atomic mass is 10.2. The summed E-state index contributed by atoms with van der Waals surface area (Å²) < 4.78 is 3.81. The van der Waals surface area contributed by atoms with Crippen LogP contribution in [0.25, 0.3) is 10.9 Å². The Morgan fingerprint density at radius 1 is 1.00 bits per heavy atom. The highest BCUT2D eigenvalue weighted by Crippen LogP contribution is 2.22. The van der Waals surface area contributed by atoms with Gasteiger partial charge in [-0.2, -0.15) is 0 Å². The summed E-state index contributed by atoms with van der Waals surface area (Å²) in [5, 5.41) is 1.18. The first kappa shape index (κ1) is 21.1. The SMILES string of the molecule is CCn1c(SCC(=O)c2cc(C)n(Cc3ccccc3)c2C)nc2ccccc2c1=O. The van der Waals surface area contributed by atoms with E-state index in [0.717, 1.165) is 23.5 Å². The van der Waals surface area contributed by atoms with Crippen LogP contribution < -0.4 is 5.56 Å². The lowest BCUT2D eigenvalue weighted by Crippen LogP contribution is -2.22. The van der Waals surface area contributed by atoms with Gasteiger partial charge < -0.3 is 4.57 Å². The molecule has 158 valence electrons. The molecule has 0 saturated heterocycles. The molecule has 0 fully saturated rings. The van der Waals surface area contributed by atoms with Gasteiger partial charge in [-0.15, -0.1) is 0 Å². The fraction of sp³-hybridized carbons (Fsp3) is 0.240. The molecule has 0 atom stereocenters. The van der Waals surface area contributed by atoms with Crippen LogP contribution in [0.1, 0.15) is 34.2 Å². The van der Waals surface area contributed by atoms with E-state index in [2.05, 4.69) is 21.7 Å². The first-order chi connectivity index (χ1) is 15.0. The number of thioether (sulfide) groups is 1. The maximum Gasteiger partial charge on any atom is 0.262 e. The zero-order valence-corrected chi connectivity index (χ0v) is 18.8. The highest BCUT2D eigenvalue weighted by molar-refractivity contribution is 7.99. The fourth-order valence-electron chi connectivity index (χ4n) is 3.84. The Hall–Kier alpha value is -3.12. The summed E-state index contributed by atoms with van der Waals surface area (Å²) in [5.74, 6) is 0.280. The van der Waals surface area contributed by atoms with Crippen molar-refractivity contribution in [2.24, 2.45) is 0 Å². The van der Waals surface area contributed by atoms with Crippen molar-refractivity contribution in [3.05, 3.63) is 93.5 Å². The summed E-state index contributed by atoms with van der Waals surface area (Å²) in [7, 11) is 0. The second-order valence-corrected chi connectivity index (χ2v) is 8.47. The largest absolute Gasteiger partial charge is 0.344 e. The van der Waals surface area contributed by atoms with E-state index >= 15 is 0 Å². The zero-order valence-electron chi connectivity index (χ0n) is 18.0. The molecule has 2 heterocycles. The maximum atomic E-state index is 13.1. The third-order valence-electron chi connectivity index (χ3n) is 5.53. The van der Waals surface area contributed by atoms with Crippen LogP contribution in [0, 0.1) is 13.8 Å². The highest BCUT2D eigenvalue weighted by Gasteiger charge is 2.18. The molecule has 0 spiro atoms. The lowest BCUT2D eigenvalue weighted by molar-refractivity contribution is 0.102. The lowest BCUT2D eigenvalue weighted by Gasteiger charge is -2.11. The molecule has 5 nitrogen and oxygen atoms in total. The third-order valence-corrected chi connectivity index (χ3v) is 6.51. The van der Waals surface area contributed by atoms with Crippen molar-refractivity contribution < 1.29 is 4.79 Å². The Morgan fingerprint density at radius 3 is 2.45 bits per heavy atom. The van der Waals surface area contributed by atoms with Crippen molar-refractivity contribution >= 4 is 28.4 Å². The third kappa shape index (κ3) is 4.21. The number of hydrogen-bond donors (Lipinski definition) is 0.